The second-order valence-electron chi connectivity index (χ2n) is 4.87. The Hall–Kier alpha value is -2.98. The Morgan fingerprint density at radius 2 is 1.75 bits per heavy atom. The van der Waals surface area contributed by atoms with Crippen molar-refractivity contribution in [1.29, 1.82) is 5.26 Å². The number of fused-ring (bicyclic) bond motifs is 1. The van der Waals surface area contributed by atoms with Crippen molar-refractivity contribution >= 4 is 32.2 Å². The van der Waals surface area contributed by atoms with Crippen LogP contribution in [-0.4, -0.2) is 26.3 Å². The molecule has 0 saturated heterocycles. The second-order valence-corrected chi connectivity index (χ2v) is 5.95. The summed E-state index contributed by atoms with van der Waals surface area (Å²) in [6.07, 6.45) is 1.57. The first-order valence-corrected chi connectivity index (χ1v) is 7.87. The van der Waals surface area contributed by atoms with Gasteiger partial charge in [0.2, 0.25) is 5.75 Å². The van der Waals surface area contributed by atoms with Crippen LogP contribution in [-0.2, 0) is 0 Å². The minimum Gasteiger partial charge on any atom is -0.493 e. The van der Waals surface area contributed by atoms with Crippen molar-refractivity contribution in [3.63, 3.8) is 0 Å². The minimum absolute atomic E-state index is 0.544. The fourth-order valence-corrected chi connectivity index (χ4v) is 3.31. The average molecular weight is 341 g/mol. The maximum Gasteiger partial charge on any atom is 0.203 e. The molecule has 0 fully saturated rings. The van der Waals surface area contributed by atoms with Gasteiger partial charge in [-0.2, -0.15) is 5.26 Å². The number of pyridine rings is 1. The van der Waals surface area contributed by atoms with Gasteiger partial charge in [-0.05, 0) is 12.1 Å². The number of benzene rings is 1. The molecule has 0 saturated carbocycles. The summed E-state index contributed by atoms with van der Waals surface area (Å²) < 4.78 is 17.0. The Morgan fingerprint density at radius 3 is 2.33 bits per heavy atom. The van der Waals surface area contributed by atoms with Crippen molar-refractivity contribution in [1.82, 2.24) is 4.98 Å². The maximum absolute atomic E-state index is 8.96. The van der Waals surface area contributed by atoms with E-state index in [0.29, 0.717) is 22.8 Å². The van der Waals surface area contributed by atoms with Crippen LogP contribution in [0.5, 0.6) is 17.2 Å². The molecular weight excluding hydrogens is 326 g/mol. The predicted molar refractivity (Wildman–Crippen MR) is 93.7 cm³/mol. The summed E-state index contributed by atoms with van der Waals surface area (Å²) >= 11 is 1.52. The van der Waals surface area contributed by atoms with E-state index >= 15 is 0 Å². The van der Waals surface area contributed by atoms with E-state index < -0.39 is 0 Å². The van der Waals surface area contributed by atoms with Crippen LogP contribution in [0.4, 0.5) is 10.7 Å². The normalized spacial score (nSPS) is 10.2. The highest BCUT2D eigenvalue weighted by Gasteiger charge is 2.14. The van der Waals surface area contributed by atoms with Crippen molar-refractivity contribution in [3.8, 4) is 23.3 Å². The molecule has 0 spiro atoms. The summed E-state index contributed by atoms with van der Waals surface area (Å²) in [7, 11) is 4.72. The summed E-state index contributed by atoms with van der Waals surface area (Å²) in [6.45, 7) is 0. The summed E-state index contributed by atoms with van der Waals surface area (Å²) in [6, 6.07) is 9.53. The summed E-state index contributed by atoms with van der Waals surface area (Å²) in [5.41, 5.74) is 2.19. The number of nitrogens with one attached hydrogen (secondary N) is 1. The lowest BCUT2D eigenvalue weighted by Crippen LogP contribution is -1.97. The standard InChI is InChI=1S/C17H15N3O3S/c1-21-13-5-11(6-14(22-2)17(13)23-3)20-16-7-12-15(24-16)4-10(8-18)9-19-12/h4-7,9,20H,1-3H3. The molecule has 2 heterocycles. The van der Waals surface area contributed by atoms with Crippen LogP contribution in [0.2, 0.25) is 0 Å². The molecule has 2 aromatic heterocycles. The first-order chi connectivity index (χ1) is 11.7. The van der Waals surface area contributed by atoms with E-state index in [4.69, 9.17) is 19.5 Å². The van der Waals surface area contributed by atoms with E-state index in [9.17, 15) is 0 Å². The number of aromatic nitrogens is 1. The smallest absolute Gasteiger partial charge is 0.203 e. The highest BCUT2D eigenvalue weighted by atomic mass is 32.1. The third-order valence-electron chi connectivity index (χ3n) is 3.43. The number of nitriles is 1. The van der Waals surface area contributed by atoms with Gasteiger partial charge in [0.25, 0.3) is 0 Å². The maximum atomic E-state index is 8.96. The monoisotopic (exact) mass is 341 g/mol. The van der Waals surface area contributed by atoms with Gasteiger partial charge in [0.1, 0.15) is 6.07 Å². The zero-order valence-electron chi connectivity index (χ0n) is 13.4. The molecule has 1 N–H and O–H groups in total. The third kappa shape index (κ3) is 2.92. The Balaban J connectivity index is 1.97. The number of rotatable bonds is 5. The fourth-order valence-electron chi connectivity index (χ4n) is 2.34. The highest BCUT2D eigenvalue weighted by molar-refractivity contribution is 7.22. The largest absolute Gasteiger partial charge is 0.493 e. The van der Waals surface area contributed by atoms with Gasteiger partial charge in [0.05, 0.1) is 42.1 Å². The number of methoxy groups -OCH3 is 3. The van der Waals surface area contributed by atoms with Gasteiger partial charge >= 0.3 is 0 Å². The van der Waals surface area contributed by atoms with Crippen molar-refractivity contribution in [2.24, 2.45) is 0 Å². The van der Waals surface area contributed by atoms with Crippen LogP contribution in [0.25, 0.3) is 10.2 Å². The Morgan fingerprint density at radius 1 is 1.04 bits per heavy atom. The minimum atomic E-state index is 0.544. The number of hydrogen-bond acceptors (Lipinski definition) is 7. The van der Waals surface area contributed by atoms with Gasteiger partial charge in [-0.25, -0.2) is 0 Å². The van der Waals surface area contributed by atoms with E-state index in [0.717, 1.165) is 20.9 Å². The zero-order valence-corrected chi connectivity index (χ0v) is 14.2. The summed E-state index contributed by atoms with van der Waals surface area (Å²) in [5, 5.41) is 13.2. The topological polar surface area (TPSA) is 76.4 Å². The van der Waals surface area contributed by atoms with E-state index in [1.807, 2.05) is 24.3 Å². The molecule has 0 unspecified atom stereocenters. The van der Waals surface area contributed by atoms with Gasteiger partial charge < -0.3 is 19.5 Å². The number of hydrogen-bond donors (Lipinski definition) is 1. The average Bonchev–Trinajstić information content (AvgIpc) is 3.01. The molecule has 0 aliphatic rings. The van der Waals surface area contributed by atoms with Crippen LogP contribution in [0.1, 0.15) is 5.56 Å². The first-order valence-electron chi connectivity index (χ1n) is 7.05. The van der Waals surface area contributed by atoms with Crippen molar-refractivity contribution in [3.05, 3.63) is 36.0 Å². The van der Waals surface area contributed by atoms with Crippen LogP contribution in [0.3, 0.4) is 0 Å². The third-order valence-corrected chi connectivity index (χ3v) is 4.42. The van der Waals surface area contributed by atoms with E-state index in [-0.39, 0.29) is 0 Å². The highest BCUT2D eigenvalue weighted by Crippen LogP contribution is 2.41. The molecule has 0 radical (unpaired) electrons. The number of anilines is 2. The molecule has 3 rings (SSSR count). The molecule has 3 aromatic rings. The van der Waals surface area contributed by atoms with Gasteiger partial charge in [-0.15, -0.1) is 11.3 Å². The molecule has 0 aliphatic carbocycles. The first kappa shape index (κ1) is 15.9. The Labute approximate surface area is 143 Å². The summed E-state index contributed by atoms with van der Waals surface area (Å²) in [5.74, 6) is 1.69. The quantitative estimate of drug-likeness (QED) is 0.757. The number of thiophene rings is 1. The van der Waals surface area contributed by atoms with Gasteiger partial charge in [-0.3, -0.25) is 4.98 Å². The van der Waals surface area contributed by atoms with Crippen LogP contribution < -0.4 is 19.5 Å². The molecule has 0 atom stereocenters. The van der Waals surface area contributed by atoms with Crippen molar-refractivity contribution in [2.45, 2.75) is 0 Å². The summed E-state index contributed by atoms with van der Waals surface area (Å²) in [4.78, 5) is 4.29. The molecule has 0 amide bonds. The van der Waals surface area contributed by atoms with Crippen molar-refractivity contribution < 1.29 is 14.2 Å². The van der Waals surface area contributed by atoms with E-state index in [1.54, 1.807) is 27.5 Å². The predicted octanol–water partition coefficient (Wildman–Crippen LogP) is 3.94. The zero-order chi connectivity index (χ0) is 17.1. The van der Waals surface area contributed by atoms with Crippen LogP contribution >= 0.6 is 11.3 Å². The van der Waals surface area contributed by atoms with Crippen LogP contribution in [0, 0.1) is 11.3 Å². The molecule has 0 bridgehead atoms. The molecule has 0 aliphatic heterocycles. The van der Waals surface area contributed by atoms with E-state index in [2.05, 4.69) is 16.4 Å². The van der Waals surface area contributed by atoms with Crippen molar-refractivity contribution in [2.75, 3.05) is 26.6 Å². The van der Waals surface area contributed by atoms with Gasteiger partial charge in [-0.1, -0.05) is 0 Å². The number of ether oxygens (including phenoxy) is 3. The van der Waals surface area contributed by atoms with E-state index in [1.165, 1.54) is 11.3 Å². The molecule has 122 valence electrons. The molecular formula is C17H15N3O3S. The lowest BCUT2D eigenvalue weighted by molar-refractivity contribution is 0.324. The van der Waals surface area contributed by atoms with Crippen LogP contribution in [0.15, 0.2) is 30.5 Å². The molecule has 6 nitrogen and oxygen atoms in total. The number of nitrogens with zero attached hydrogens (tertiary/aromatic N) is 2. The second kappa shape index (κ2) is 6.64. The molecule has 24 heavy (non-hydrogen) atoms. The lowest BCUT2D eigenvalue weighted by Gasteiger charge is -2.14. The Kier molecular flexibility index (Phi) is 4.40. The van der Waals surface area contributed by atoms with Gasteiger partial charge in [0, 0.05) is 24.0 Å². The fraction of sp³-hybridized carbons (Fsp3) is 0.176. The molecule has 1 aromatic carbocycles. The Bertz CT molecular complexity index is 905. The SMILES string of the molecule is COc1cc(Nc2cc3ncc(C#N)cc3s2)cc(OC)c1OC. The lowest BCUT2D eigenvalue weighted by atomic mass is 10.2. The van der Waals surface area contributed by atoms with Gasteiger partial charge in [0.15, 0.2) is 11.5 Å². The molecule has 7 heteroatoms.